The molecule has 0 saturated carbocycles. The van der Waals surface area contributed by atoms with E-state index in [0.29, 0.717) is 11.8 Å². The summed E-state index contributed by atoms with van der Waals surface area (Å²) >= 11 is 0. The third-order valence-corrected chi connectivity index (χ3v) is 7.36. The van der Waals surface area contributed by atoms with Gasteiger partial charge in [-0.2, -0.15) is 13.7 Å². The number of pyridine rings is 2. The lowest BCUT2D eigenvalue weighted by molar-refractivity contribution is -0.692. The van der Waals surface area contributed by atoms with Crippen molar-refractivity contribution in [1.29, 1.82) is 0 Å². The van der Waals surface area contributed by atoms with Gasteiger partial charge < -0.3 is 0 Å². The number of para-hydroxylation sites is 3. The molecule has 0 atom stereocenters. The van der Waals surface area contributed by atoms with Crippen LogP contribution in [-0.2, 0) is 21.1 Å². The van der Waals surface area contributed by atoms with E-state index in [-0.39, 0.29) is 0 Å². The van der Waals surface area contributed by atoms with Gasteiger partial charge in [-0.05, 0) is 36.1 Å². The highest BCUT2D eigenvalue weighted by Gasteiger charge is 2.36. The summed E-state index contributed by atoms with van der Waals surface area (Å²) in [4.78, 5) is 0. The number of imidazole rings is 1. The number of hydrogen-bond acceptors (Lipinski definition) is 0. The molecule has 0 unspecified atom stereocenters. The SMILES string of the molecule is CC(C)c1cccc(C(C)C)c1-n1c(-c2cccc(-c3cccc[n+]3C)[n+]2C)[n+](C)c2ccccc21. The van der Waals surface area contributed by atoms with E-state index in [9.17, 15) is 0 Å². The normalized spacial score (nSPS) is 11.7. The van der Waals surface area contributed by atoms with Crippen molar-refractivity contribution in [3.8, 4) is 28.6 Å². The van der Waals surface area contributed by atoms with E-state index in [1.165, 1.54) is 50.8 Å². The van der Waals surface area contributed by atoms with Crippen molar-refractivity contribution < 1.29 is 13.7 Å². The minimum absolute atomic E-state index is 0.404. The Kier molecular flexibility index (Phi) is 6.21. The smallest absolute Gasteiger partial charge is 0.220 e. The largest absolute Gasteiger partial charge is 0.360 e. The Hall–Kier alpha value is -3.79. The van der Waals surface area contributed by atoms with Crippen molar-refractivity contribution in [2.45, 2.75) is 39.5 Å². The number of benzene rings is 2. The molecule has 4 nitrogen and oxygen atoms in total. The molecule has 4 heteroatoms. The van der Waals surface area contributed by atoms with Gasteiger partial charge in [0.1, 0.15) is 19.8 Å². The standard InChI is InChI=1S/C32H37N4/c1-22(2)24-14-12-15-25(23(3)4)31(24)36-29-18-9-8-17-28(29)35(7)32(36)30-20-13-19-27(34(30)6)26-16-10-11-21-33(26)5/h8-23H,1-7H3/q+3. The van der Waals surface area contributed by atoms with Crippen molar-refractivity contribution in [1.82, 2.24) is 4.57 Å². The second-order valence-electron chi connectivity index (χ2n) is 10.4. The van der Waals surface area contributed by atoms with Gasteiger partial charge in [0.15, 0.2) is 17.2 Å². The third-order valence-electron chi connectivity index (χ3n) is 7.36. The maximum Gasteiger partial charge on any atom is 0.360 e. The van der Waals surface area contributed by atoms with Crippen molar-refractivity contribution in [2.24, 2.45) is 21.1 Å². The highest BCUT2D eigenvalue weighted by atomic mass is 15.2. The zero-order valence-corrected chi connectivity index (χ0v) is 22.5. The minimum atomic E-state index is 0.404. The van der Waals surface area contributed by atoms with E-state index in [4.69, 9.17) is 0 Å². The molecule has 2 aromatic carbocycles. The Labute approximate surface area is 214 Å². The average Bonchev–Trinajstić information content (AvgIpc) is 3.16. The first-order chi connectivity index (χ1) is 17.3. The van der Waals surface area contributed by atoms with Crippen molar-refractivity contribution >= 4 is 11.0 Å². The van der Waals surface area contributed by atoms with E-state index >= 15 is 0 Å². The second kappa shape index (κ2) is 9.34. The van der Waals surface area contributed by atoms with Crippen LogP contribution in [0.5, 0.6) is 0 Å². The maximum absolute atomic E-state index is 2.50. The summed E-state index contributed by atoms with van der Waals surface area (Å²) in [6.07, 6.45) is 2.10. The molecule has 0 aliphatic heterocycles. The van der Waals surface area contributed by atoms with Gasteiger partial charge in [0.25, 0.3) is 17.1 Å². The predicted octanol–water partition coefficient (Wildman–Crippen LogP) is 5.68. The highest BCUT2D eigenvalue weighted by Crippen LogP contribution is 2.36. The summed E-state index contributed by atoms with van der Waals surface area (Å²) in [5.41, 5.74) is 10.0. The van der Waals surface area contributed by atoms with E-state index < -0.39 is 0 Å². The van der Waals surface area contributed by atoms with E-state index in [2.05, 4.69) is 152 Å². The van der Waals surface area contributed by atoms with Crippen LogP contribution in [0.15, 0.2) is 85.1 Å². The molecule has 0 spiro atoms. The molecule has 0 aliphatic rings. The van der Waals surface area contributed by atoms with Gasteiger partial charge in [-0.1, -0.05) is 58.0 Å². The fourth-order valence-electron chi connectivity index (χ4n) is 5.45. The first-order valence-electron chi connectivity index (χ1n) is 12.9. The van der Waals surface area contributed by atoms with Crippen LogP contribution < -0.4 is 13.7 Å². The quantitative estimate of drug-likeness (QED) is 0.290. The highest BCUT2D eigenvalue weighted by molar-refractivity contribution is 5.79. The third kappa shape index (κ3) is 3.81. The Balaban J connectivity index is 1.92. The molecule has 182 valence electrons. The Morgan fingerprint density at radius 2 is 1.17 bits per heavy atom. The van der Waals surface area contributed by atoms with Gasteiger partial charge in [0.05, 0.1) is 7.05 Å². The van der Waals surface area contributed by atoms with E-state index in [0.717, 1.165) is 0 Å². The molecule has 3 aromatic heterocycles. The predicted molar refractivity (Wildman–Crippen MR) is 146 cm³/mol. The van der Waals surface area contributed by atoms with E-state index in [1.807, 2.05) is 0 Å². The molecule has 36 heavy (non-hydrogen) atoms. The van der Waals surface area contributed by atoms with Crippen LogP contribution in [0.25, 0.3) is 39.6 Å². The Bertz CT molecular complexity index is 1550. The fourth-order valence-corrected chi connectivity index (χ4v) is 5.45. The van der Waals surface area contributed by atoms with Crippen LogP contribution in [0, 0.1) is 0 Å². The summed E-state index contributed by atoms with van der Waals surface area (Å²) in [5, 5.41) is 0. The van der Waals surface area contributed by atoms with Crippen LogP contribution in [-0.4, -0.2) is 4.57 Å². The fraction of sp³-hybridized carbons (Fsp3) is 0.281. The number of hydrogen-bond donors (Lipinski definition) is 0. The van der Waals surface area contributed by atoms with E-state index in [1.54, 1.807) is 0 Å². The van der Waals surface area contributed by atoms with Gasteiger partial charge in [-0.15, -0.1) is 0 Å². The van der Waals surface area contributed by atoms with Crippen LogP contribution in [0.1, 0.15) is 50.7 Å². The average molecular weight is 478 g/mol. The zero-order valence-electron chi connectivity index (χ0n) is 22.5. The molecule has 0 fully saturated rings. The van der Waals surface area contributed by atoms with Gasteiger partial charge in [0, 0.05) is 35.4 Å². The lowest BCUT2D eigenvalue weighted by Crippen LogP contribution is -2.43. The number of nitrogens with zero attached hydrogens (tertiary/aromatic N) is 4. The molecule has 0 aliphatic carbocycles. The molecule has 5 rings (SSSR count). The van der Waals surface area contributed by atoms with Gasteiger partial charge in [0.2, 0.25) is 0 Å². The number of aryl methyl sites for hydroxylation is 2. The molecule has 0 bridgehead atoms. The lowest BCUT2D eigenvalue weighted by Gasteiger charge is -2.18. The van der Waals surface area contributed by atoms with Gasteiger partial charge >= 0.3 is 5.82 Å². The minimum Gasteiger partial charge on any atom is -0.220 e. The molecule has 0 saturated heterocycles. The molecular weight excluding hydrogens is 440 g/mol. The summed E-state index contributed by atoms with van der Waals surface area (Å²) < 4.78 is 9.36. The van der Waals surface area contributed by atoms with Crippen LogP contribution in [0.2, 0.25) is 0 Å². The Morgan fingerprint density at radius 1 is 0.583 bits per heavy atom. The zero-order chi connectivity index (χ0) is 25.6. The van der Waals surface area contributed by atoms with Crippen molar-refractivity contribution in [3.63, 3.8) is 0 Å². The number of fused-ring (bicyclic) bond motifs is 1. The van der Waals surface area contributed by atoms with Crippen LogP contribution >= 0.6 is 0 Å². The topological polar surface area (TPSA) is 16.6 Å². The summed E-state index contributed by atoms with van der Waals surface area (Å²) in [5.74, 6) is 1.98. The van der Waals surface area contributed by atoms with Crippen LogP contribution in [0.3, 0.4) is 0 Å². The first-order valence-corrected chi connectivity index (χ1v) is 12.9. The van der Waals surface area contributed by atoms with Crippen molar-refractivity contribution in [3.05, 3.63) is 96.2 Å². The maximum atomic E-state index is 2.50. The number of aromatic nitrogens is 4. The summed E-state index contributed by atoms with van der Waals surface area (Å²) in [6, 6.07) is 28.5. The monoisotopic (exact) mass is 477 g/mol. The summed E-state index contributed by atoms with van der Waals surface area (Å²) in [7, 11) is 6.47. The molecule has 0 N–H and O–H groups in total. The molecular formula is C32H37N4+3. The summed E-state index contributed by atoms with van der Waals surface area (Å²) in [6.45, 7) is 9.18. The molecule has 0 amide bonds. The lowest BCUT2D eigenvalue weighted by atomic mass is 9.92. The molecule has 5 aromatic rings. The second-order valence-corrected chi connectivity index (χ2v) is 10.4. The van der Waals surface area contributed by atoms with Crippen molar-refractivity contribution in [2.75, 3.05) is 0 Å². The first kappa shape index (κ1) is 23.9. The van der Waals surface area contributed by atoms with Gasteiger partial charge in [-0.3, -0.25) is 0 Å². The Morgan fingerprint density at radius 3 is 1.83 bits per heavy atom. The number of rotatable bonds is 5. The molecule has 0 radical (unpaired) electrons. The molecule has 3 heterocycles. The van der Waals surface area contributed by atoms with Crippen LogP contribution in [0.4, 0.5) is 0 Å². The van der Waals surface area contributed by atoms with Gasteiger partial charge in [-0.25, -0.2) is 4.57 Å².